The highest BCUT2D eigenvalue weighted by molar-refractivity contribution is 6.00. The Morgan fingerprint density at radius 3 is 0.539 bits per heavy atom. The molecule has 0 N–H and O–H groups in total. The van der Waals surface area contributed by atoms with Crippen LogP contribution < -0.4 is 19.6 Å². The summed E-state index contributed by atoms with van der Waals surface area (Å²) in [4.78, 5) is 10.0. The zero-order chi connectivity index (χ0) is 86.1. The molecule has 0 radical (unpaired) electrons. The van der Waals surface area contributed by atoms with Gasteiger partial charge in [0.15, 0.2) is 0 Å². The summed E-state index contributed by atoms with van der Waals surface area (Å²) in [6.45, 7) is 19.1. The highest BCUT2D eigenvalue weighted by Crippen LogP contribution is 2.58. The molecule has 4 aliphatic carbocycles. The number of benzene rings is 20. The summed E-state index contributed by atoms with van der Waals surface area (Å²) >= 11 is 0. The fourth-order valence-corrected chi connectivity index (χ4v) is 22.1. The Balaban J connectivity index is 0.675. The van der Waals surface area contributed by atoms with E-state index in [2.05, 4.69) is 500 Å². The minimum atomic E-state index is -0.235. The van der Waals surface area contributed by atoms with Gasteiger partial charge in [0.05, 0.1) is 0 Å². The Hall–Kier alpha value is -15.4. The smallest absolute Gasteiger partial charge is 0.0488 e. The van der Waals surface area contributed by atoms with E-state index in [1.54, 1.807) is 0 Å². The number of nitrogens with zero attached hydrogens (tertiary/aromatic N) is 4. The normalized spacial score (nSPS) is 14.0. The van der Waals surface area contributed by atoms with Crippen LogP contribution in [0.3, 0.4) is 0 Å². The van der Waals surface area contributed by atoms with Gasteiger partial charge in [-0.25, -0.2) is 0 Å². The van der Waals surface area contributed by atoms with E-state index in [-0.39, 0.29) is 21.7 Å². The molecule has 0 fully saturated rings. The van der Waals surface area contributed by atoms with Gasteiger partial charge >= 0.3 is 0 Å². The first-order valence-electron chi connectivity index (χ1n) is 45.1. The third-order valence-corrected chi connectivity index (χ3v) is 28.9. The standard InChI is InChI=1S/C124H94N4/c1-121(2)113-37-21-17-33-105(113)109-61-57-97(75-117(109)121)125(93-53-49-79-25-9-13-29-87(79)65-93)101-69-91(70-102(73-101)126(94-54-50-80-26-10-14-30-88(80)66-94)98-58-62-110-106-34-18-22-38-114(106)122(3,4)118(110)76-98)85-45-41-83(42-46-85)84-43-47-86(48-44-84)92-71-103(127(95-55-51-81-27-11-15-31-89(81)67-95)99-59-63-111-107-35-19-23-39-115(107)123(5,6)119(111)77-99)74-104(72-92)128(96-56-52-82-28-12-16-32-90(82)68-96)100-60-64-112-108-36-20-24-40-116(108)124(7,8)120(112)78-100/h9-78H,1-8H3. The van der Waals surface area contributed by atoms with Crippen LogP contribution in [0.25, 0.3) is 121 Å². The SMILES string of the molecule is CC1(C)c2ccccc2-c2ccc(N(c3cc(-c4ccc(-c5ccc(-c6cc(N(c7ccc8c(c7)C(C)(C)c7ccccc7-8)c7ccc8ccccc8c7)cc(N(c7ccc8c(c7)C(C)(C)c7ccccc7-8)c7ccc8ccccc8c7)c6)cc5)cc4)cc(N(c4ccc5c(c4)C(C)(C)c4ccccc4-5)c4ccc5ccccc5c4)c3)c3ccc4ccccc4c3)cc21. The quantitative estimate of drug-likeness (QED) is 0.101. The lowest BCUT2D eigenvalue weighted by molar-refractivity contribution is 0.660. The van der Waals surface area contributed by atoms with Gasteiger partial charge in [0.2, 0.25) is 0 Å². The summed E-state index contributed by atoms with van der Waals surface area (Å²) < 4.78 is 0. The van der Waals surface area contributed by atoms with Crippen LogP contribution in [0.1, 0.15) is 99.9 Å². The first-order chi connectivity index (χ1) is 62.4. The molecule has 0 heterocycles. The van der Waals surface area contributed by atoms with Gasteiger partial charge in [-0.1, -0.05) is 347 Å². The molecular formula is C124H94N4. The molecular weight excluding hydrogens is 1550 g/mol. The van der Waals surface area contributed by atoms with E-state index in [9.17, 15) is 0 Å². The van der Waals surface area contributed by atoms with Crippen molar-refractivity contribution >= 4 is 111 Å². The van der Waals surface area contributed by atoms with Gasteiger partial charge in [-0.2, -0.15) is 0 Å². The van der Waals surface area contributed by atoms with Crippen molar-refractivity contribution in [2.45, 2.75) is 77.0 Å². The van der Waals surface area contributed by atoms with Crippen molar-refractivity contribution in [2.24, 2.45) is 0 Å². The van der Waals surface area contributed by atoms with Crippen molar-refractivity contribution in [1.29, 1.82) is 0 Å². The Bertz CT molecular complexity index is 7090. The fourth-order valence-electron chi connectivity index (χ4n) is 22.1. The third kappa shape index (κ3) is 12.3. The van der Waals surface area contributed by atoms with Crippen molar-refractivity contribution in [3.8, 4) is 77.9 Å². The lowest BCUT2D eigenvalue weighted by Crippen LogP contribution is -2.17. The van der Waals surface area contributed by atoms with E-state index >= 15 is 0 Å². The Kier molecular flexibility index (Phi) is 17.4. The first-order valence-corrected chi connectivity index (χ1v) is 45.1. The van der Waals surface area contributed by atoms with Crippen LogP contribution >= 0.6 is 0 Å². The number of rotatable bonds is 15. The maximum atomic E-state index is 2.51. The number of fused-ring (bicyclic) bond motifs is 16. The summed E-state index contributed by atoms with van der Waals surface area (Å²) in [5.41, 5.74) is 39.5. The van der Waals surface area contributed by atoms with Crippen LogP contribution in [-0.2, 0) is 21.7 Å². The molecule has 610 valence electrons. The van der Waals surface area contributed by atoms with Crippen LogP contribution in [0.2, 0.25) is 0 Å². The second-order valence-corrected chi connectivity index (χ2v) is 37.7. The lowest BCUT2D eigenvalue weighted by Gasteiger charge is -2.32. The van der Waals surface area contributed by atoms with Crippen molar-refractivity contribution in [3.63, 3.8) is 0 Å². The van der Waals surface area contributed by atoms with Crippen molar-refractivity contribution in [1.82, 2.24) is 0 Å². The zero-order valence-corrected chi connectivity index (χ0v) is 73.2. The number of hydrogen-bond acceptors (Lipinski definition) is 4. The molecule has 0 bridgehead atoms. The van der Waals surface area contributed by atoms with Gasteiger partial charge in [0, 0.05) is 89.9 Å². The predicted molar refractivity (Wildman–Crippen MR) is 542 cm³/mol. The molecule has 0 saturated heterocycles. The highest BCUT2D eigenvalue weighted by atomic mass is 15.2. The van der Waals surface area contributed by atoms with Crippen molar-refractivity contribution in [2.75, 3.05) is 19.6 Å². The Morgan fingerprint density at radius 2 is 0.305 bits per heavy atom. The summed E-state index contributed by atoms with van der Waals surface area (Å²) in [6.07, 6.45) is 0. The average Bonchev–Trinajstić information content (AvgIpc) is 1.58. The van der Waals surface area contributed by atoms with Crippen LogP contribution in [0, 0.1) is 0 Å². The van der Waals surface area contributed by atoms with Crippen LogP contribution in [0.15, 0.2) is 425 Å². The predicted octanol–water partition coefficient (Wildman–Crippen LogP) is 34.4. The Morgan fingerprint density at radius 1 is 0.125 bits per heavy atom. The maximum absolute atomic E-state index is 2.51. The molecule has 0 aromatic heterocycles. The molecule has 0 saturated carbocycles. The minimum Gasteiger partial charge on any atom is -0.310 e. The number of hydrogen-bond donors (Lipinski definition) is 0. The monoisotopic (exact) mass is 1640 g/mol. The van der Waals surface area contributed by atoms with Gasteiger partial charge in [0.25, 0.3) is 0 Å². The second-order valence-electron chi connectivity index (χ2n) is 37.7. The van der Waals surface area contributed by atoms with E-state index in [0.29, 0.717) is 0 Å². The van der Waals surface area contributed by atoms with Crippen LogP contribution in [0.4, 0.5) is 68.2 Å². The third-order valence-electron chi connectivity index (χ3n) is 28.9. The molecule has 0 spiro atoms. The summed E-state index contributed by atoms with van der Waals surface area (Å²) in [7, 11) is 0. The molecule has 20 aromatic rings. The van der Waals surface area contributed by atoms with Gasteiger partial charge in [-0.3, -0.25) is 0 Å². The fraction of sp³-hybridized carbons (Fsp3) is 0.0968. The first kappa shape index (κ1) is 76.3. The minimum absolute atomic E-state index is 0.235. The summed E-state index contributed by atoms with van der Waals surface area (Å²) in [5.74, 6) is 0. The summed E-state index contributed by atoms with van der Waals surface area (Å²) in [5, 5.41) is 9.50. The summed E-state index contributed by atoms with van der Waals surface area (Å²) in [6, 6.07) is 161. The lowest BCUT2D eigenvalue weighted by atomic mass is 9.82. The van der Waals surface area contributed by atoms with E-state index in [1.807, 2.05) is 0 Å². The largest absolute Gasteiger partial charge is 0.310 e. The molecule has 24 rings (SSSR count). The van der Waals surface area contributed by atoms with Crippen molar-refractivity contribution in [3.05, 3.63) is 469 Å². The van der Waals surface area contributed by atoms with E-state index in [0.717, 1.165) is 102 Å². The molecule has 0 unspecified atom stereocenters. The van der Waals surface area contributed by atoms with Gasteiger partial charge in [-0.05, 0) is 299 Å². The van der Waals surface area contributed by atoms with Gasteiger partial charge in [-0.15, -0.1) is 0 Å². The molecule has 0 aliphatic heterocycles. The van der Waals surface area contributed by atoms with E-state index in [4.69, 9.17) is 0 Å². The van der Waals surface area contributed by atoms with Gasteiger partial charge in [0.1, 0.15) is 0 Å². The molecule has 4 nitrogen and oxygen atoms in total. The number of anilines is 12. The molecule has 0 amide bonds. The molecule has 4 heteroatoms. The molecule has 0 atom stereocenters. The molecule has 4 aliphatic rings. The van der Waals surface area contributed by atoms with Crippen LogP contribution in [-0.4, -0.2) is 0 Å². The maximum Gasteiger partial charge on any atom is 0.0488 e. The van der Waals surface area contributed by atoms with E-state index < -0.39 is 0 Å². The molecule has 20 aromatic carbocycles. The zero-order valence-electron chi connectivity index (χ0n) is 73.2. The second kappa shape index (κ2) is 29.1. The van der Waals surface area contributed by atoms with Gasteiger partial charge < -0.3 is 19.6 Å². The average molecular weight is 1640 g/mol. The van der Waals surface area contributed by atoms with E-state index in [1.165, 1.54) is 132 Å². The topological polar surface area (TPSA) is 13.0 Å². The van der Waals surface area contributed by atoms with Crippen LogP contribution in [0.5, 0.6) is 0 Å². The highest BCUT2D eigenvalue weighted by Gasteiger charge is 2.41. The Labute approximate surface area is 749 Å². The molecule has 128 heavy (non-hydrogen) atoms. The van der Waals surface area contributed by atoms with Crippen molar-refractivity contribution < 1.29 is 0 Å².